The highest BCUT2D eigenvalue weighted by Gasteiger charge is 2.20. The number of pyridine rings is 1. The second-order valence-corrected chi connectivity index (χ2v) is 2.49. The summed E-state index contributed by atoms with van der Waals surface area (Å²) in [6.45, 7) is 1.33. The molecular formula is C8H10NO4+. The van der Waals surface area contributed by atoms with Gasteiger partial charge in [0, 0.05) is 11.7 Å². The molecule has 1 rings (SSSR count). The van der Waals surface area contributed by atoms with Crippen molar-refractivity contribution in [3.63, 3.8) is 0 Å². The van der Waals surface area contributed by atoms with Crippen LogP contribution in [-0.4, -0.2) is 23.1 Å². The highest BCUT2D eigenvalue weighted by molar-refractivity contribution is 5.91. The van der Waals surface area contributed by atoms with Crippen molar-refractivity contribution in [3.05, 3.63) is 18.0 Å². The van der Waals surface area contributed by atoms with Gasteiger partial charge in [-0.25, -0.2) is 0 Å². The van der Waals surface area contributed by atoms with Crippen LogP contribution in [0.15, 0.2) is 12.3 Å². The van der Waals surface area contributed by atoms with Crippen LogP contribution in [0.3, 0.4) is 0 Å². The maximum absolute atomic E-state index is 11.0. The zero-order chi connectivity index (χ0) is 10.0. The van der Waals surface area contributed by atoms with Gasteiger partial charge in [0.05, 0.1) is 6.07 Å². The molecule has 0 bridgehead atoms. The van der Waals surface area contributed by atoms with Crippen LogP contribution in [0.25, 0.3) is 0 Å². The molecule has 0 aliphatic heterocycles. The van der Waals surface area contributed by atoms with Gasteiger partial charge in [0.25, 0.3) is 6.20 Å². The maximum atomic E-state index is 11.0. The van der Waals surface area contributed by atoms with Crippen LogP contribution >= 0.6 is 0 Å². The first-order valence-corrected chi connectivity index (χ1v) is 3.59. The number of hydrogen-bond acceptors (Lipinski definition) is 4. The standard InChI is InChI=1S/C8H9NO4/c1-5(10)6-3-7(11)8(12)4-9(6)13-2/h3-4,12H,1-2H3/p+1. The van der Waals surface area contributed by atoms with Crippen molar-refractivity contribution < 1.29 is 24.6 Å². The summed E-state index contributed by atoms with van der Waals surface area (Å²) in [7, 11) is 1.35. The van der Waals surface area contributed by atoms with Gasteiger partial charge in [0.15, 0.2) is 5.75 Å². The van der Waals surface area contributed by atoms with E-state index >= 15 is 0 Å². The minimum absolute atomic E-state index is 0.165. The lowest BCUT2D eigenvalue weighted by Crippen LogP contribution is -2.45. The van der Waals surface area contributed by atoms with E-state index in [0.29, 0.717) is 0 Å². The van der Waals surface area contributed by atoms with Gasteiger partial charge in [-0.1, -0.05) is 0 Å². The van der Waals surface area contributed by atoms with Crippen LogP contribution < -0.4 is 9.57 Å². The summed E-state index contributed by atoms with van der Waals surface area (Å²) < 4.78 is 1.08. The molecule has 2 N–H and O–H groups in total. The Morgan fingerprint density at radius 3 is 2.54 bits per heavy atom. The Balaban J connectivity index is 3.33. The van der Waals surface area contributed by atoms with Crippen molar-refractivity contribution >= 4 is 5.78 Å². The van der Waals surface area contributed by atoms with Gasteiger partial charge >= 0.3 is 5.69 Å². The normalized spacial score (nSPS) is 9.69. The predicted octanol–water partition coefficient (Wildman–Crippen LogP) is -0.354. The number of aromatic hydroxyl groups is 2. The van der Waals surface area contributed by atoms with E-state index in [1.54, 1.807) is 0 Å². The van der Waals surface area contributed by atoms with Crippen LogP contribution in [0.1, 0.15) is 17.4 Å². The number of carbonyl (C=O) groups is 1. The Hall–Kier alpha value is -1.78. The Kier molecular flexibility index (Phi) is 2.36. The SMILES string of the molecule is CO[n+]1cc(O)c(O)cc1C(C)=O. The van der Waals surface area contributed by atoms with E-state index in [9.17, 15) is 4.79 Å². The minimum Gasteiger partial charge on any atom is -0.504 e. The second-order valence-electron chi connectivity index (χ2n) is 2.49. The monoisotopic (exact) mass is 184 g/mol. The zero-order valence-corrected chi connectivity index (χ0v) is 7.31. The van der Waals surface area contributed by atoms with E-state index in [0.717, 1.165) is 17.0 Å². The van der Waals surface area contributed by atoms with Gasteiger partial charge in [0.2, 0.25) is 11.5 Å². The molecule has 0 aromatic carbocycles. The Labute approximate surface area is 74.8 Å². The third-order valence-corrected chi connectivity index (χ3v) is 1.57. The number of nitrogens with zero attached hydrogens (tertiary/aromatic N) is 1. The summed E-state index contributed by atoms with van der Waals surface area (Å²) in [5.74, 6) is -0.956. The highest BCUT2D eigenvalue weighted by Crippen LogP contribution is 2.21. The average molecular weight is 184 g/mol. The molecule has 0 aliphatic rings. The first kappa shape index (κ1) is 9.31. The lowest BCUT2D eigenvalue weighted by molar-refractivity contribution is -0.886. The molecule has 13 heavy (non-hydrogen) atoms. The lowest BCUT2D eigenvalue weighted by Gasteiger charge is -1.98. The molecule has 1 heterocycles. The quantitative estimate of drug-likeness (QED) is 0.486. The summed E-state index contributed by atoms with van der Waals surface area (Å²) >= 11 is 0. The third-order valence-electron chi connectivity index (χ3n) is 1.57. The van der Waals surface area contributed by atoms with E-state index in [2.05, 4.69) is 0 Å². The predicted molar refractivity (Wildman–Crippen MR) is 42.5 cm³/mol. The second kappa shape index (κ2) is 3.30. The van der Waals surface area contributed by atoms with Crippen LogP contribution in [-0.2, 0) is 0 Å². The molecule has 0 aliphatic carbocycles. The van der Waals surface area contributed by atoms with Gasteiger partial charge in [0.1, 0.15) is 7.11 Å². The number of carbonyl (C=O) groups excluding carboxylic acids is 1. The van der Waals surface area contributed by atoms with Crippen LogP contribution in [0.5, 0.6) is 11.5 Å². The molecule has 0 atom stereocenters. The molecule has 5 nitrogen and oxygen atoms in total. The summed E-state index contributed by atoms with van der Waals surface area (Å²) in [5.41, 5.74) is 0.165. The van der Waals surface area contributed by atoms with Crippen molar-refractivity contribution in [2.24, 2.45) is 0 Å². The van der Waals surface area contributed by atoms with Crippen LogP contribution in [0, 0.1) is 0 Å². The summed E-state index contributed by atoms with van der Waals surface area (Å²) in [4.78, 5) is 15.8. The molecule has 5 heteroatoms. The lowest BCUT2D eigenvalue weighted by atomic mass is 10.2. The Morgan fingerprint density at radius 1 is 1.46 bits per heavy atom. The van der Waals surface area contributed by atoms with Crippen LogP contribution in [0.2, 0.25) is 0 Å². The van der Waals surface area contributed by atoms with E-state index in [1.165, 1.54) is 14.0 Å². The van der Waals surface area contributed by atoms with Crippen LogP contribution in [0.4, 0.5) is 0 Å². The summed E-state index contributed by atoms with van der Waals surface area (Å²) in [5, 5.41) is 18.2. The van der Waals surface area contributed by atoms with Gasteiger partial charge in [-0.15, -0.1) is 0 Å². The molecule has 0 radical (unpaired) electrons. The first-order chi connectivity index (χ1) is 6.06. The average Bonchev–Trinajstić information content (AvgIpc) is 2.08. The maximum Gasteiger partial charge on any atom is 0.303 e. The summed E-state index contributed by atoms with van der Waals surface area (Å²) in [6.07, 6.45) is 1.12. The Morgan fingerprint density at radius 2 is 2.08 bits per heavy atom. The molecule has 0 spiro atoms. The molecule has 0 saturated carbocycles. The fourth-order valence-corrected chi connectivity index (χ4v) is 0.922. The number of aromatic nitrogens is 1. The highest BCUT2D eigenvalue weighted by atomic mass is 16.6. The van der Waals surface area contributed by atoms with Crippen molar-refractivity contribution in [1.82, 2.24) is 0 Å². The number of Topliss-reactive ketones (excluding diaryl/α,β-unsaturated/α-hetero) is 1. The molecular weight excluding hydrogens is 174 g/mol. The van der Waals surface area contributed by atoms with Gasteiger partial charge < -0.3 is 10.2 Å². The van der Waals surface area contributed by atoms with Crippen molar-refractivity contribution in [1.29, 1.82) is 0 Å². The zero-order valence-electron chi connectivity index (χ0n) is 7.31. The number of ketones is 1. The fourth-order valence-electron chi connectivity index (χ4n) is 0.922. The largest absolute Gasteiger partial charge is 0.504 e. The number of rotatable bonds is 2. The van der Waals surface area contributed by atoms with Gasteiger partial charge in [-0.3, -0.25) is 9.63 Å². The topological polar surface area (TPSA) is 70.6 Å². The van der Waals surface area contributed by atoms with E-state index in [1.807, 2.05) is 0 Å². The van der Waals surface area contributed by atoms with Gasteiger partial charge in [-0.2, -0.15) is 0 Å². The van der Waals surface area contributed by atoms with E-state index < -0.39 is 0 Å². The number of hydrogen-bond donors (Lipinski definition) is 2. The molecule has 0 unspecified atom stereocenters. The van der Waals surface area contributed by atoms with Crippen molar-refractivity contribution in [2.75, 3.05) is 7.11 Å². The molecule has 70 valence electrons. The van der Waals surface area contributed by atoms with E-state index in [4.69, 9.17) is 15.1 Å². The fraction of sp³-hybridized carbons (Fsp3) is 0.250. The van der Waals surface area contributed by atoms with Crippen molar-refractivity contribution in [3.8, 4) is 11.5 Å². The van der Waals surface area contributed by atoms with Crippen molar-refractivity contribution in [2.45, 2.75) is 6.92 Å². The Bertz CT molecular complexity index is 348. The molecule has 0 saturated heterocycles. The molecule has 0 fully saturated rings. The molecule has 0 amide bonds. The van der Waals surface area contributed by atoms with E-state index in [-0.39, 0.29) is 23.0 Å². The third kappa shape index (κ3) is 1.69. The molecule has 1 aromatic rings. The van der Waals surface area contributed by atoms with Gasteiger partial charge in [-0.05, 0) is 0 Å². The smallest absolute Gasteiger partial charge is 0.303 e. The first-order valence-electron chi connectivity index (χ1n) is 3.59. The summed E-state index contributed by atoms with van der Waals surface area (Å²) in [6, 6.07) is 1.14. The minimum atomic E-state index is -0.349. The molecule has 1 aromatic heterocycles.